The van der Waals surface area contributed by atoms with Gasteiger partial charge in [0.15, 0.2) is 0 Å². The lowest BCUT2D eigenvalue weighted by Crippen LogP contribution is -2.42. The summed E-state index contributed by atoms with van der Waals surface area (Å²) >= 11 is 5.71. The van der Waals surface area contributed by atoms with E-state index in [0.29, 0.717) is 5.02 Å². The van der Waals surface area contributed by atoms with E-state index in [-0.39, 0.29) is 18.8 Å². The molecule has 0 heterocycles. The van der Waals surface area contributed by atoms with Crippen LogP contribution < -0.4 is 5.32 Å². The van der Waals surface area contributed by atoms with Crippen molar-refractivity contribution >= 4 is 36.1 Å². The van der Waals surface area contributed by atoms with Crippen LogP contribution in [0.2, 0.25) is 5.02 Å². The standard InChI is InChI=1S/C11H12ClNO4.ClH/c1-17-11(16)13-9(10(14)15)6-7-2-4-8(12)5-3-7;/h2-5,9H,6H2,1H3,(H,13,16)(H,14,15);1H. The van der Waals surface area contributed by atoms with Crippen LogP contribution in [0.3, 0.4) is 0 Å². The van der Waals surface area contributed by atoms with E-state index in [0.717, 1.165) is 5.56 Å². The first kappa shape index (κ1) is 16.5. The number of hydrogen-bond donors (Lipinski definition) is 2. The Labute approximate surface area is 115 Å². The number of hydrogen-bond acceptors (Lipinski definition) is 3. The van der Waals surface area contributed by atoms with Gasteiger partial charge in [-0.25, -0.2) is 9.59 Å². The van der Waals surface area contributed by atoms with Crippen LogP contribution in [0, 0.1) is 0 Å². The van der Waals surface area contributed by atoms with Gasteiger partial charge in [-0.3, -0.25) is 0 Å². The number of carbonyl (C=O) groups excluding carboxylic acids is 1. The van der Waals surface area contributed by atoms with E-state index < -0.39 is 18.1 Å². The summed E-state index contributed by atoms with van der Waals surface area (Å²) in [5.41, 5.74) is 0.762. The highest BCUT2D eigenvalue weighted by atomic mass is 35.5. The van der Waals surface area contributed by atoms with E-state index in [1.54, 1.807) is 24.3 Å². The van der Waals surface area contributed by atoms with Crippen molar-refractivity contribution < 1.29 is 19.4 Å². The molecule has 1 rings (SSSR count). The zero-order valence-corrected chi connectivity index (χ0v) is 11.1. The summed E-state index contributed by atoms with van der Waals surface area (Å²) in [7, 11) is 1.18. The summed E-state index contributed by atoms with van der Waals surface area (Å²) in [6, 6.07) is 5.71. The fourth-order valence-corrected chi connectivity index (χ4v) is 1.38. The van der Waals surface area contributed by atoms with Crippen molar-refractivity contribution in [2.45, 2.75) is 12.5 Å². The average Bonchev–Trinajstić information content (AvgIpc) is 2.30. The second-order valence-electron chi connectivity index (χ2n) is 3.36. The lowest BCUT2D eigenvalue weighted by Gasteiger charge is -2.13. The number of carboxylic acid groups (broad SMARTS) is 1. The Morgan fingerprint density at radius 3 is 2.39 bits per heavy atom. The molecule has 1 unspecified atom stereocenters. The molecule has 0 aliphatic heterocycles. The number of rotatable bonds is 4. The van der Waals surface area contributed by atoms with E-state index in [1.807, 2.05) is 0 Å². The van der Waals surface area contributed by atoms with Crippen LogP contribution in [-0.4, -0.2) is 30.3 Å². The lowest BCUT2D eigenvalue weighted by atomic mass is 10.1. The minimum absolute atomic E-state index is 0. The van der Waals surface area contributed by atoms with Crippen molar-refractivity contribution in [2.24, 2.45) is 0 Å². The van der Waals surface area contributed by atoms with Crippen molar-refractivity contribution in [3.8, 4) is 0 Å². The third kappa shape index (κ3) is 5.25. The second-order valence-corrected chi connectivity index (χ2v) is 3.79. The van der Waals surface area contributed by atoms with Crippen molar-refractivity contribution in [3.05, 3.63) is 34.9 Å². The van der Waals surface area contributed by atoms with Crippen LogP contribution in [0.1, 0.15) is 5.56 Å². The van der Waals surface area contributed by atoms with Gasteiger partial charge < -0.3 is 15.2 Å². The van der Waals surface area contributed by atoms with Gasteiger partial charge in [-0.05, 0) is 17.7 Å². The number of carboxylic acids is 1. The summed E-state index contributed by atoms with van der Waals surface area (Å²) in [5.74, 6) is -1.12. The van der Waals surface area contributed by atoms with Gasteiger partial charge in [-0.2, -0.15) is 0 Å². The van der Waals surface area contributed by atoms with Crippen molar-refractivity contribution in [2.75, 3.05) is 7.11 Å². The maximum atomic E-state index is 11.0. The van der Waals surface area contributed by atoms with Crippen LogP contribution >= 0.6 is 24.0 Å². The topological polar surface area (TPSA) is 75.6 Å². The molecule has 0 bridgehead atoms. The van der Waals surface area contributed by atoms with Gasteiger partial charge in [0.1, 0.15) is 6.04 Å². The fourth-order valence-electron chi connectivity index (χ4n) is 1.26. The first-order valence-corrected chi connectivity index (χ1v) is 5.22. The summed E-state index contributed by atoms with van der Waals surface area (Å²) < 4.78 is 4.35. The van der Waals surface area contributed by atoms with Crippen LogP contribution in [0.4, 0.5) is 4.79 Å². The highest BCUT2D eigenvalue weighted by Gasteiger charge is 2.20. The first-order valence-electron chi connectivity index (χ1n) is 4.84. The molecule has 0 aliphatic rings. The Morgan fingerprint density at radius 2 is 1.94 bits per heavy atom. The minimum atomic E-state index is -1.12. The molecule has 1 aromatic rings. The van der Waals surface area contributed by atoms with E-state index in [1.165, 1.54) is 7.11 Å². The molecule has 1 aromatic carbocycles. The largest absolute Gasteiger partial charge is 0.480 e. The molecule has 0 fully saturated rings. The Morgan fingerprint density at radius 1 is 1.39 bits per heavy atom. The lowest BCUT2D eigenvalue weighted by molar-refractivity contribution is -0.139. The highest BCUT2D eigenvalue weighted by molar-refractivity contribution is 6.30. The van der Waals surface area contributed by atoms with Crippen molar-refractivity contribution in [1.82, 2.24) is 5.32 Å². The Hall–Kier alpha value is -1.46. The quantitative estimate of drug-likeness (QED) is 0.891. The minimum Gasteiger partial charge on any atom is -0.480 e. The summed E-state index contributed by atoms with van der Waals surface area (Å²) in [5, 5.41) is 11.7. The average molecular weight is 294 g/mol. The van der Waals surface area contributed by atoms with E-state index in [9.17, 15) is 9.59 Å². The number of amides is 1. The van der Waals surface area contributed by atoms with Gasteiger partial charge in [-0.1, -0.05) is 23.7 Å². The molecule has 0 aromatic heterocycles. The number of ether oxygens (including phenoxy) is 1. The van der Waals surface area contributed by atoms with Crippen molar-refractivity contribution in [3.63, 3.8) is 0 Å². The third-order valence-electron chi connectivity index (χ3n) is 2.13. The van der Waals surface area contributed by atoms with Gasteiger partial charge >= 0.3 is 12.1 Å². The van der Waals surface area contributed by atoms with Crippen molar-refractivity contribution in [1.29, 1.82) is 0 Å². The molecule has 5 nitrogen and oxygen atoms in total. The molecule has 0 saturated heterocycles. The number of carbonyl (C=O) groups is 2. The Kier molecular flexibility index (Phi) is 7.16. The molecule has 18 heavy (non-hydrogen) atoms. The van der Waals surface area contributed by atoms with Gasteiger partial charge in [0.25, 0.3) is 0 Å². The van der Waals surface area contributed by atoms with Gasteiger partial charge in [0.05, 0.1) is 7.11 Å². The first-order chi connectivity index (χ1) is 8.02. The van der Waals surface area contributed by atoms with E-state index in [4.69, 9.17) is 16.7 Å². The van der Waals surface area contributed by atoms with Crippen LogP contribution in [-0.2, 0) is 16.0 Å². The predicted octanol–water partition coefficient (Wildman–Crippen LogP) is 2.11. The molecule has 0 spiro atoms. The molecule has 1 atom stereocenters. The number of alkyl carbamates (subject to hydrolysis) is 1. The van der Waals surface area contributed by atoms with E-state index >= 15 is 0 Å². The van der Waals surface area contributed by atoms with E-state index in [2.05, 4.69) is 10.1 Å². The van der Waals surface area contributed by atoms with Gasteiger partial charge in [0.2, 0.25) is 0 Å². The summed E-state index contributed by atoms with van der Waals surface area (Å²) in [6.45, 7) is 0. The number of nitrogens with one attached hydrogen (secondary N) is 1. The molecule has 7 heteroatoms. The van der Waals surface area contributed by atoms with Crippen LogP contribution in [0.25, 0.3) is 0 Å². The number of aliphatic carboxylic acids is 1. The smallest absolute Gasteiger partial charge is 0.407 e. The Bertz CT molecular complexity index is 408. The van der Waals surface area contributed by atoms with Crippen LogP contribution in [0.5, 0.6) is 0 Å². The molecular weight excluding hydrogens is 281 g/mol. The highest BCUT2D eigenvalue weighted by Crippen LogP contribution is 2.11. The molecule has 0 aliphatic carbocycles. The normalized spacial score (nSPS) is 11.0. The molecule has 2 N–H and O–H groups in total. The van der Waals surface area contributed by atoms with Gasteiger partial charge in [0, 0.05) is 11.4 Å². The number of halogens is 2. The third-order valence-corrected chi connectivity index (χ3v) is 2.38. The number of methoxy groups -OCH3 is 1. The molecular formula is C11H13Cl2NO4. The number of benzene rings is 1. The zero-order chi connectivity index (χ0) is 12.8. The molecule has 1 amide bonds. The maximum Gasteiger partial charge on any atom is 0.407 e. The SMILES string of the molecule is COC(=O)NC(Cc1ccc(Cl)cc1)C(=O)O.Cl. The molecule has 0 radical (unpaired) electrons. The molecule has 0 saturated carbocycles. The second kappa shape index (κ2) is 7.79. The predicted molar refractivity (Wildman–Crippen MR) is 69.4 cm³/mol. The maximum absolute atomic E-state index is 11.0. The van der Waals surface area contributed by atoms with Gasteiger partial charge in [-0.15, -0.1) is 12.4 Å². The summed E-state index contributed by atoms with van der Waals surface area (Å²) in [4.78, 5) is 21.9. The summed E-state index contributed by atoms with van der Waals surface area (Å²) in [6.07, 6.45) is -0.604. The van der Waals surface area contributed by atoms with Crippen LogP contribution in [0.15, 0.2) is 24.3 Å². The Balaban J connectivity index is 0.00000289. The molecule has 100 valence electrons. The fraction of sp³-hybridized carbons (Fsp3) is 0.273. The monoisotopic (exact) mass is 293 g/mol. The zero-order valence-electron chi connectivity index (χ0n) is 9.55.